The molecule has 1 aliphatic heterocycles. The van der Waals surface area contributed by atoms with E-state index >= 15 is 0 Å². The number of rotatable bonds is 3. The highest BCUT2D eigenvalue weighted by Gasteiger charge is 2.33. The van der Waals surface area contributed by atoms with Gasteiger partial charge in [0.1, 0.15) is 12.4 Å². The molecule has 0 N–H and O–H groups in total. The highest BCUT2D eigenvalue weighted by Crippen LogP contribution is 2.36. The molecule has 1 aromatic heterocycles. The van der Waals surface area contributed by atoms with E-state index < -0.39 is 0 Å². The van der Waals surface area contributed by atoms with Crippen molar-refractivity contribution in [2.45, 2.75) is 38.6 Å². The number of likely N-dealkylation sites (tertiary alicyclic amines) is 1. The molecule has 25 heavy (non-hydrogen) atoms. The van der Waals surface area contributed by atoms with Crippen LogP contribution < -0.4 is 0 Å². The third-order valence-electron chi connectivity index (χ3n) is 5.48. The zero-order valence-electron chi connectivity index (χ0n) is 14.1. The molecule has 2 atom stereocenters. The van der Waals surface area contributed by atoms with Crippen LogP contribution in [0.25, 0.3) is 11.4 Å². The van der Waals surface area contributed by atoms with E-state index in [0.29, 0.717) is 17.3 Å². The van der Waals surface area contributed by atoms with Crippen LogP contribution in [0, 0.1) is 17.7 Å². The first kappa shape index (κ1) is 16.2. The summed E-state index contributed by atoms with van der Waals surface area (Å²) in [5.74, 6) is 1.60. The number of carbonyl (C=O) groups is 1. The molecule has 0 unspecified atom stereocenters. The normalized spacial score (nSPS) is 23.3. The molecule has 2 heterocycles. The van der Waals surface area contributed by atoms with Crippen molar-refractivity contribution >= 4 is 5.91 Å². The molecular formula is C18H22FN5O. The SMILES string of the molecule is O=C(Cn1nnc(-c2ccc(F)cc2)n1)N1CC[C@@H]2CCCC[C@@H]2C1. The van der Waals surface area contributed by atoms with Crippen LogP contribution in [0.15, 0.2) is 24.3 Å². The van der Waals surface area contributed by atoms with Gasteiger partial charge in [0, 0.05) is 18.7 Å². The summed E-state index contributed by atoms with van der Waals surface area (Å²) < 4.78 is 13.0. The number of piperidine rings is 1. The van der Waals surface area contributed by atoms with Gasteiger partial charge in [0.2, 0.25) is 11.7 Å². The Morgan fingerprint density at radius 3 is 2.68 bits per heavy atom. The summed E-state index contributed by atoms with van der Waals surface area (Å²) in [5.41, 5.74) is 0.683. The van der Waals surface area contributed by atoms with E-state index in [2.05, 4.69) is 15.4 Å². The molecule has 1 saturated heterocycles. The predicted octanol–water partition coefficient (Wildman–Crippen LogP) is 2.52. The highest BCUT2D eigenvalue weighted by atomic mass is 19.1. The van der Waals surface area contributed by atoms with E-state index in [1.807, 2.05) is 4.90 Å². The van der Waals surface area contributed by atoms with Crippen LogP contribution in [0.3, 0.4) is 0 Å². The average Bonchev–Trinajstić information content (AvgIpc) is 3.10. The molecule has 0 spiro atoms. The number of halogens is 1. The fourth-order valence-corrected chi connectivity index (χ4v) is 4.07. The van der Waals surface area contributed by atoms with Crippen LogP contribution in [0.4, 0.5) is 4.39 Å². The monoisotopic (exact) mass is 343 g/mol. The van der Waals surface area contributed by atoms with Crippen molar-refractivity contribution in [2.24, 2.45) is 11.8 Å². The Bertz CT molecular complexity index is 744. The quantitative estimate of drug-likeness (QED) is 0.859. The summed E-state index contributed by atoms with van der Waals surface area (Å²) in [6.45, 7) is 1.80. The van der Waals surface area contributed by atoms with E-state index in [1.54, 1.807) is 12.1 Å². The lowest BCUT2D eigenvalue weighted by Gasteiger charge is -2.41. The Labute approximate surface area is 146 Å². The first-order valence-corrected chi connectivity index (χ1v) is 9.00. The van der Waals surface area contributed by atoms with Crippen molar-refractivity contribution in [3.05, 3.63) is 30.1 Å². The Morgan fingerprint density at radius 2 is 1.88 bits per heavy atom. The van der Waals surface area contributed by atoms with Gasteiger partial charge in [-0.3, -0.25) is 4.79 Å². The van der Waals surface area contributed by atoms with Gasteiger partial charge in [-0.2, -0.15) is 4.80 Å². The topological polar surface area (TPSA) is 63.9 Å². The molecule has 2 aromatic rings. The predicted molar refractivity (Wildman–Crippen MR) is 89.9 cm³/mol. The Kier molecular flexibility index (Phi) is 4.46. The van der Waals surface area contributed by atoms with Crippen molar-refractivity contribution < 1.29 is 9.18 Å². The minimum Gasteiger partial charge on any atom is -0.341 e. The van der Waals surface area contributed by atoms with Crippen LogP contribution in [-0.2, 0) is 11.3 Å². The van der Waals surface area contributed by atoms with Gasteiger partial charge < -0.3 is 4.90 Å². The van der Waals surface area contributed by atoms with Crippen molar-refractivity contribution in [3.8, 4) is 11.4 Å². The summed E-state index contributed by atoms with van der Waals surface area (Å²) >= 11 is 0. The molecule has 6 nitrogen and oxygen atoms in total. The summed E-state index contributed by atoms with van der Waals surface area (Å²) in [6.07, 6.45) is 6.30. The first-order valence-electron chi connectivity index (χ1n) is 9.00. The second kappa shape index (κ2) is 6.90. The summed E-state index contributed by atoms with van der Waals surface area (Å²) in [5, 5.41) is 12.2. The van der Waals surface area contributed by atoms with Crippen LogP contribution >= 0.6 is 0 Å². The average molecular weight is 343 g/mol. The molecule has 4 rings (SSSR count). The van der Waals surface area contributed by atoms with Gasteiger partial charge in [0.15, 0.2) is 0 Å². The van der Waals surface area contributed by atoms with E-state index in [0.717, 1.165) is 25.4 Å². The molecule has 132 valence electrons. The Balaban J connectivity index is 1.39. The summed E-state index contributed by atoms with van der Waals surface area (Å²) in [4.78, 5) is 15.9. The number of aromatic nitrogens is 4. The van der Waals surface area contributed by atoms with Crippen molar-refractivity contribution in [3.63, 3.8) is 0 Å². The minimum absolute atomic E-state index is 0.0482. The van der Waals surface area contributed by atoms with Gasteiger partial charge in [0.25, 0.3) is 0 Å². The molecule has 1 amide bonds. The van der Waals surface area contributed by atoms with Gasteiger partial charge in [-0.1, -0.05) is 19.3 Å². The van der Waals surface area contributed by atoms with Crippen LogP contribution in [0.2, 0.25) is 0 Å². The molecule has 0 bridgehead atoms. The maximum absolute atomic E-state index is 13.0. The van der Waals surface area contributed by atoms with Gasteiger partial charge >= 0.3 is 0 Å². The number of nitrogens with zero attached hydrogens (tertiary/aromatic N) is 5. The molecule has 1 aromatic carbocycles. The van der Waals surface area contributed by atoms with E-state index in [-0.39, 0.29) is 18.3 Å². The number of amides is 1. The fourth-order valence-electron chi connectivity index (χ4n) is 4.07. The van der Waals surface area contributed by atoms with E-state index in [1.165, 1.54) is 42.6 Å². The molecule has 7 heteroatoms. The second-order valence-corrected chi connectivity index (χ2v) is 7.08. The third-order valence-corrected chi connectivity index (χ3v) is 5.48. The molecule has 0 radical (unpaired) electrons. The van der Waals surface area contributed by atoms with Gasteiger partial charge in [-0.25, -0.2) is 4.39 Å². The Morgan fingerprint density at radius 1 is 1.12 bits per heavy atom. The standard InChI is InChI=1S/C18H22FN5O/c19-16-7-5-14(6-8-16)18-20-22-24(21-18)12-17(25)23-10-9-13-3-1-2-4-15(13)11-23/h5-8,13,15H,1-4,9-12H2/t13-,15+/m0/s1. The van der Waals surface area contributed by atoms with E-state index in [9.17, 15) is 9.18 Å². The van der Waals surface area contributed by atoms with Crippen LogP contribution in [-0.4, -0.2) is 44.1 Å². The van der Waals surface area contributed by atoms with E-state index in [4.69, 9.17) is 0 Å². The van der Waals surface area contributed by atoms with Gasteiger partial charge in [0.05, 0.1) is 0 Å². The Hall–Kier alpha value is -2.31. The molecule has 2 aliphatic rings. The maximum Gasteiger partial charge on any atom is 0.246 e. The molecule has 1 saturated carbocycles. The lowest BCUT2D eigenvalue weighted by atomic mass is 9.75. The van der Waals surface area contributed by atoms with Crippen molar-refractivity contribution in [1.82, 2.24) is 25.1 Å². The number of benzene rings is 1. The van der Waals surface area contributed by atoms with Crippen molar-refractivity contribution in [2.75, 3.05) is 13.1 Å². The third kappa shape index (κ3) is 3.55. The molecular weight excluding hydrogens is 321 g/mol. The first-order chi connectivity index (χ1) is 12.2. The second-order valence-electron chi connectivity index (χ2n) is 7.08. The zero-order valence-corrected chi connectivity index (χ0v) is 14.1. The molecule has 1 aliphatic carbocycles. The fraction of sp³-hybridized carbons (Fsp3) is 0.556. The van der Waals surface area contributed by atoms with Gasteiger partial charge in [-0.05, 0) is 54.2 Å². The highest BCUT2D eigenvalue weighted by molar-refractivity contribution is 5.76. The summed E-state index contributed by atoms with van der Waals surface area (Å²) in [7, 11) is 0. The maximum atomic E-state index is 13.0. The number of carbonyl (C=O) groups excluding carboxylic acids is 1. The van der Waals surface area contributed by atoms with Crippen LogP contribution in [0.5, 0.6) is 0 Å². The number of hydrogen-bond acceptors (Lipinski definition) is 4. The minimum atomic E-state index is -0.308. The van der Waals surface area contributed by atoms with Crippen LogP contribution in [0.1, 0.15) is 32.1 Å². The molecule has 2 fully saturated rings. The number of tetrazole rings is 1. The zero-order chi connectivity index (χ0) is 17.2. The summed E-state index contributed by atoms with van der Waals surface area (Å²) in [6, 6.07) is 5.92. The van der Waals surface area contributed by atoms with Gasteiger partial charge in [-0.15, -0.1) is 10.2 Å². The number of fused-ring (bicyclic) bond motifs is 1. The lowest BCUT2D eigenvalue weighted by Crippen LogP contribution is -2.46. The van der Waals surface area contributed by atoms with Crippen molar-refractivity contribution in [1.29, 1.82) is 0 Å². The lowest BCUT2D eigenvalue weighted by molar-refractivity contribution is -0.135. The largest absolute Gasteiger partial charge is 0.341 e. The number of hydrogen-bond donors (Lipinski definition) is 0. The smallest absolute Gasteiger partial charge is 0.246 e.